The molecule has 1 aliphatic carbocycles. The fourth-order valence-electron chi connectivity index (χ4n) is 2.50. The fraction of sp³-hybridized carbons (Fsp3) is 0.467. The summed E-state index contributed by atoms with van der Waals surface area (Å²) in [7, 11) is 0. The Morgan fingerprint density at radius 2 is 2.12 bits per heavy atom. The highest BCUT2D eigenvalue weighted by Gasteiger charge is 2.31. The van der Waals surface area contributed by atoms with Gasteiger partial charge in [-0.3, -0.25) is 0 Å². The van der Waals surface area contributed by atoms with E-state index in [9.17, 15) is 5.11 Å². The van der Waals surface area contributed by atoms with Crippen LogP contribution in [0.25, 0.3) is 0 Å². The number of rotatable bonds is 4. The van der Waals surface area contributed by atoms with Crippen molar-refractivity contribution < 1.29 is 9.84 Å². The molecular weight excluding hydrogens is 212 g/mol. The van der Waals surface area contributed by atoms with Crippen molar-refractivity contribution in [2.45, 2.75) is 32.5 Å². The lowest BCUT2D eigenvalue weighted by Crippen LogP contribution is -2.22. The van der Waals surface area contributed by atoms with Crippen molar-refractivity contribution in [3.63, 3.8) is 0 Å². The molecule has 0 saturated heterocycles. The van der Waals surface area contributed by atoms with E-state index in [0.717, 1.165) is 12.8 Å². The summed E-state index contributed by atoms with van der Waals surface area (Å²) in [4.78, 5) is 0. The molecule has 1 N–H and O–H groups in total. The SMILES string of the molecule is C/C=C1\CC[C@H](OCc2ccccc2)[C@H]1CO. The molecule has 0 heterocycles. The molecule has 0 unspecified atom stereocenters. The molecule has 2 atom stereocenters. The molecule has 0 aliphatic heterocycles. The summed E-state index contributed by atoms with van der Waals surface area (Å²) >= 11 is 0. The van der Waals surface area contributed by atoms with E-state index >= 15 is 0 Å². The van der Waals surface area contributed by atoms with Gasteiger partial charge >= 0.3 is 0 Å². The molecule has 1 aromatic rings. The third-order valence-electron chi connectivity index (χ3n) is 3.52. The summed E-state index contributed by atoms with van der Waals surface area (Å²) in [6.45, 7) is 2.87. The average Bonchev–Trinajstić information content (AvgIpc) is 2.79. The van der Waals surface area contributed by atoms with E-state index in [1.807, 2.05) is 25.1 Å². The zero-order chi connectivity index (χ0) is 12.1. The van der Waals surface area contributed by atoms with Crippen LogP contribution in [0.5, 0.6) is 0 Å². The van der Waals surface area contributed by atoms with Crippen molar-refractivity contribution in [2.24, 2.45) is 5.92 Å². The highest BCUT2D eigenvalue weighted by Crippen LogP contribution is 2.33. The number of allylic oxidation sites excluding steroid dienone is 1. The zero-order valence-electron chi connectivity index (χ0n) is 10.3. The number of hydrogen-bond donors (Lipinski definition) is 1. The first-order chi connectivity index (χ1) is 8.35. The van der Waals surface area contributed by atoms with Gasteiger partial charge in [-0.25, -0.2) is 0 Å². The Labute approximate surface area is 103 Å². The van der Waals surface area contributed by atoms with Gasteiger partial charge in [-0.15, -0.1) is 0 Å². The van der Waals surface area contributed by atoms with Crippen LogP contribution in [-0.4, -0.2) is 17.8 Å². The third kappa shape index (κ3) is 2.96. The molecule has 2 nitrogen and oxygen atoms in total. The number of aliphatic hydroxyl groups excluding tert-OH is 1. The summed E-state index contributed by atoms with van der Waals surface area (Å²) in [6, 6.07) is 10.2. The van der Waals surface area contributed by atoms with Crippen molar-refractivity contribution in [2.75, 3.05) is 6.61 Å². The van der Waals surface area contributed by atoms with Gasteiger partial charge in [-0.05, 0) is 25.3 Å². The molecule has 0 amide bonds. The topological polar surface area (TPSA) is 29.5 Å². The minimum Gasteiger partial charge on any atom is -0.396 e. The van der Waals surface area contributed by atoms with Crippen LogP contribution in [0.15, 0.2) is 42.0 Å². The number of aliphatic hydroxyl groups is 1. The molecule has 17 heavy (non-hydrogen) atoms. The number of hydrogen-bond acceptors (Lipinski definition) is 2. The lowest BCUT2D eigenvalue weighted by molar-refractivity contribution is 0.00652. The van der Waals surface area contributed by atoms with Crippen LogP contribution in [0.2, 0.25) is 0 Å². The highest BCUT2D eigenvalue weighted by atomic mass is 16.5. The predicted molar refractivity (Wildman–Crippen MR) is 68.6 cm³/mol. The van der Waals surface area contributed by atoms with Crippen LogP contribution in [0, 0.1) is 5.92 Å². The zero-order valence-corrected chi connectivity index (χ0v) is 10.3. The molecule has 1 fully saturated rings. The van der Waals surface area contributed by atoms with Gasteiger partial charge in [-0.2, -0.15) is 0 Å². The first-order valence-electron chi connectivity index (χ1n) is 6.26. The minimum atomic E-state index is 0.173. The van der Waals surface area contributed by atoms with Crippen LogP contribution >= 0.6 is 0 Å². The van der Waals surface area contributed by atoms with Crippen molar-refractivity contribution >= 4 is 0 Å². The van der Waals surface area contributed by atoms with Crippen LogP contribution in [-0.2, 0) is 11.3 Å². The summed E-state index contributed by atoms with van der Waals surface area (Å²) in [5.74, 6) is 0.198. The van der Waals surface area contributed by atoms with E-state index in [0.29, 0.717) is 6.61 Å². The molecule has 0 bridgehead atoms. The summed E-state index contributed by atoms with van der Waals surface area (Å²) in [6.07, 6.45) is 4.37. The minimum absolute atomic E-state index is 0.173. The van der Waals surface area contributed by atoms with Gasteiger partial charge in [0.05, 0.1) is 19.3 Å². The Kier molecular flexibility index (Phi) is 4.35. The molecular formula is C15H20O2. The van der Waals surface area contributed by atoms with E-state index in [4.69, 9.17) is 4.74 Å². The molecule has 2 heteroatoms. The first-order valence-corrected chi connectivity index (χ1v) is 6.26. The maximum atomic E-state index is 9.41. The van der Waals surface area contributed by atoms with Crippen LogP contribution in [0.3, 0.4) is 0 Å². The Morgan fingerprint density at radius 3 is 2.76 bits per heavy atom. The fourth-order valence-corrected chi connectivity index (χ4v) is 2.50. The standard InChI is InChI=1S/C15H20O2/c1-2-13-8-9-15(14(13)10-16)17-11-12-6-4-3-5-7-12/h2-7,14-16H,8-11H2,1H3/b13-2+/t14-,15-/m0/s1. The van der Waals surface area contributed by atoms with Gasteiger partial charge < -0.3 is 9.84 Å². The van der Waals surface area contributed by atoms with Crippen molar-refractivity contribution in [3.05, 3.63) is 47.5 Å². The van der Waals surface area contributed by atoms with Gasteiger partial charge in [0, 0.05) is 5.92 Å². The van der Waals surface area contributed by atoms with Gasteiger partial charge in [0.2, 0.25) is 0 Å². The molecule has 1 saturated carbocycles. The first kappa shape index (κ1) is 12.3. The molecule has 2 rings (SSSR count). The van der Waals surface area contributed by atoms with Crippen LogP contribution < -0.4 is 0 Å². The van der Waals surface area contributed by atoms with E-state index < -0.39 is 0 Å². The second kappa shape index (κ2) is 5.99. The molecule has 1 aliphatic rings. The van der Waals surface area contributed by atoms with Gasteiger partial charge in [-0.1, -0.05) is 42.0 Å². The van der Waals surface area contributed by atoms with Crippen molar-refractivity contribution in [1.82, 2.24) is 0 Å². The predicted octanol–water partition coefficient (Wildman–Crippen LogP) is 2.92. The molecule has 92 valence electrons. The normalized spacial score (nSPS) is 26.6. The lowest BCUT2D eigenvalue weighted by atomic mass is 10.0. The van der Waals surface area contributed by atoms with Gasteiger partial charge in [0.15, 0.2) is 0 Å². The third-order valence-corrected chi connectivity index (χ3v) is 3.52. The van der Waals surface area contributed by atoms with Crippen molar-refractivity contribution in [3.8, 4) is 0 Å². The molecule has 0 aromatic heterocycles. The van der Waals surface area contributed by atoms with Crippen molar-refractivity contribution in [1.29, 1.82) is 0 Å². The Morgan fingerprint density at radius 1 is 1.35 bits per heavy atom. The van der Waals surface area contributed by atoms with Gasteiger partial charge in [0.1, 0.15) is 0 Å². The van der Waals surface area contributed by atoms with Gasteiger partial charge in [0.25, 0.3) is 0 Å². The summed E-state index contributed by atoms with van der Waals surface area (Å²) in [5.41, 5.74) is 2.53. The van der Waals surface area contributed by atoms with Crippen LogP contribution in [0.4, 0.5) is 0 Å². The second-order valence-electron chi connectivity index (χ2n) is 4.53. The van der Waals surface area contributed by atoms with E-state index in [1.165, 1.54) is 11.1 Å². The average molecular weight is 232 g/mol. The highest BCUT2D eigenvalue weighted by molar-refractivity contribution is 5.15. The largest absolute Gasteiger partial charge is 0.396 e. The molecule has 0 spiro atoms. The summed E-state index contributed by atoms with van der Waals surface area (Å²) in [5, 5.41) is 9.41. The van der Waals surface area contributed by atoms with E-state index in [-0.39, 0.29) is 18.6 Å². The maximum absolute atomic E-state index is 9.41. The number of benzene rings is 1. The van der Waals surface area contributed by atoms with E-state index in [2.05, 4.69) is 18.2 Å². The summed E-state index contributed by atoms with van der Waals surface area (Å²) < 4.78 is 5.92. The monoisotopic (exact) mass is 232 g/mol. The quantitative estimate of drug-likeness (QED) is 0.809. The Balaban J connectivity index is 1.92. The Hall–Kier alpha value is -1.12. The van der Waals surface area contributed by atoms with E-state index in [1.54, 1.807) is 0 Å². The second-order valence-corrected chi connectivity index (χ2v) is 4.53. The molecule has 1 aromatic carbocycles. The van der Waals surface area contributed by atoms with Crippen LogP contribution in [0.1, 0.15) is 25.3 Å². The maximum Gasteiger partial charge on any atom is 0.0720 e. The molecule has 0 radical (unpaired) electrons. The smallest absolute Gasteiger partial charge is 0.0720 e. The Bertz CT molecular complexity index is 370. The number of ether oxygens (including phenoxy) is 1. The lowest BCUT2D eigenvalue weighted by Gasteiger charge is -2.19.